The van der Waals surface area contributed by atoms with Gasteiger partial charge in [0.2, 0.25) is 0 Å². The van der Waals surface area contributed by atoms with Crippen molar-refractivity contribution in [2.24, 2.45) is 0 Å². The third-order valence-corrected chi connectivity index (χ3v) is 14.6. The first-order valence-corrected chi connectivity index (χ1v) is 22.9. The molecule has 2 aromatic carbocycles. The van der Waals surface area contributed by atoms with Gasteiger partial charge in [0.15, 0.2) is 8.32 Å². The van der Waals surface area contributed by atoms with E-state index < -0.39 is 25.0 Å². The van der Waals surface area contributed by atoms with Crippen LogP contribution in [0.1, 0.15) is 30.9 Å². The fraction of sp³-hybridized carbons (Fsp3) is 0.516. The normalized spacial score (nSPS) is 10.8. The van der Waals surface area contributed by atoms with E-state index in [2.05, 4.69) is 58.0 Å². The van der Waals surface area contributed by atoms with E-state index >= 15 is 0 Å². The van der Waals surface area contributed by atoms with Crippen LogP contribution >= 0.6 is 0 Å². The topological polar surface area (TPSA) is 54.0 Å². The van der Waals surface area contributed by atoms with Gasteiger partial charge >= 0.3 is 14.5 Å². The average Bonchev–Trinajstić information content (AvgIpc) is 2.79. The molecule has 0 amide bonds. The molecule has 0 atom stereocenters. The van der Waals surface area contributed by atoms with E-state index in [1.54, 1.807) is 14.2 Å². The molecule has 0 aliphatic heterocycles. The van der Waals surface area contributed by atoms with E-state index in [0.29, 0.717) is 5.75 Å². The van der Waals surface area contributed by atoms with Crippen LogP contribution in [0.5, 0.6) is 11.5 Å². The first-order chi connectivity index (χ1) is 17.1. The summed E-state index contributed by atoms with van der Waals surface area (Å²) in [5.74, 6) is 1.28. The molecule has 230 valence electrons. The second-order valence-electron chi connectivity index (χ2n) is 11.8. The number of methoxy groups -OCH3 is 1. The van der Waals surface area contributed by atoms with Crippen molar-refractivity contribution in [2.45, 2.75) is 90.5 Å². The van der Waals surface area contributed by atoms with Crippen molar-refractivity contribution in [1.82, 2.24) is 0 Å². The van der Waals surface area contributed by atoms with E-state index in [4.69, 9.17) is 18.0 Å². The molecular formula is C31H56O5Si3Y2-2. The Labute approximate surface area is 306 Å². The third-order valence-electron chi connectivity index (χ3n) is 5.99. The average molecular weight is 771 g/mol. The van der Waals surface area contributed by atoms with E-state index in [0.717, 1.165) is 18.6 Å². The second kappa shape index (κ2) is 23.8. The molecule has 0 bridgehead atoms. The molecule has 0 aliphatic rings. The Morgan fingerprint density at radius 1 is 0.683 bits per heavy atom. The maximum atomic E-state index is 10.8. The summed E-state index contributed by atoms with van der Waals surface area (Å²) >= 11 is 0. The molecule has 0 unspecified atom stereocenters. The number of aryl methyl sites for hydroxylation is 2. The standard InChI is InChI=1S/C15H28O3Si2.C14H22O2Si.2CH3.2Y/c1-16-15-11-9-14(10-12-15)8-7-13-19(3,4)18-20(5,6)17-2;1-12(15)16-14-9-7-13(8-10-14)6-5-11-17(2,3)4;;;;/h9-12H,7-8,13H2,1-6H3;7-10H,5-6,11H2,1-4H3;2*1H3;;/q;;2*-1;;. The van der Waals surface area contributed by atoms with Gasteiger partial charge in [0.1, 0.15) is 11.5 Å². The minimum Gasteiger partial charge on any atom is -0.497 e. The van der Waals surface area contributed by atoms with E-state index in [1.807, 2.05) is 36.4 Å². The minimum atomic E-state index is -1.91. The van der Waals surface area contributed by atoms with Crippen molar-refractivity contribution >= 4 is 30.9 Å². The van der Waals surface area contributed by atoms with Crippen LogP contribution in [0.25, 0.3) is 0 Å². The van der Waals surface area contributed by atoms with Crippen LogP contribution in [0.4, 0.5) is 0 Å². The Morgan fingerprint density at radius 2 is 1.10 bits per heavy atom. The predicted molar refractivity (Wildman–Crippen MR) is 176 cm³/mol. The summed E-state index contributed by atoms with van der Waals surface area (Å²) in [6.07, 6.45) is 4.63. The molecule has 2 radical (unpaired) electrons. The zero-order valence-electron chi connectivity index (χ0n) is 28.1. The molecule has 41 heavy (non-hydrogen) atoms. The van der Waals surface area contributed by atoms with Gasteiger partial charge in [-0.15, -0.1) is 0 Å². The van der Waals surface area contributed by atoms with Crippen LogP contribution in [-0.4, -0.2) is 45.1 Å². The molecule has 2 aromatic rings. The van der Waals surface area contributed by atoms with E-state index in [9.17, 15) is 4.79 Å². The molecule has 0 heterocycles. The quantitative estimate of drug-likeness (QED) is 0.0882. The molecule has 0 N–H and O–H groups in total. The number of carbonyl (C=O) groups is 1. The zero-order chi connectivity index (χ0) is 28.1. The number of esters is 1. The van der Waals surface area contributed by atoms with Crippen LogP contribution in [0.15, 0.2) is 48.5 Å². The fourth-order valence-corrected chi connectivity index (χ4v) is 12.3. The largest absolute Gasteiger partial charge is 0.497 e. The predicted octanol–water partition coefficient (Wildman–Crippen LogP) is 8.98. The van der Waals surface area contributed by atoms with Crippen molar-refractivity contribution < 1.29 is 88.2 Å². The molecule has 2 rings (SSSR count). The van der Waals surface area contributed by atoms with Crippen LogP contribution in [-0.2, 0) is 91.6 Å². The molecule has 0 saturated heterocycles. The Kier molecular flexibility index (Phi) is 28.1. The molecule has 0 fully saturated rings. The maximum absolute atomic E-state index is 10.8. The molecule has 5 nitrogen and oxygen atoms in total. The van der Waals surface area contributed by atoms with E-state index in [-0.39, 0.29) is 86.2 Å². The van der Waals surface area contributed by atoms with Gasteiger partial charge in [-0.1, -0.05) is 56.4 Å². The van der Waals surface area contributed by atoms with E-state index in [1.165, 1.54) is 43.0 Å². The summed E-state index contributed by atoms with van der Waals surface area (Å²) in [5.41, 5.74) is 2.68. The number of hydrogen-bond donors (Lipinski definition) is 0. The summed E-state index contributed by atoms with van der Waals surface area (Å²) in [6.45, 7) is 17.4. The Balaban J connectivity index is -0.000000307. The summed E-state index contributed by atoms with van der Waals surface area (Å²) in [5, 5.41) is 0. The monoisotopic (exact) mass is 770 g/mol. The van der Waals surface area contributed by atoms with Gasteiger partial charge in [-0.3, -0.25) is 4.79 Å². The van der Waals surface area contributed by atoms with Gasteiger partial charge in [0.25, 0.3) is 0 Å². The van der Waals surface area contributed by atoms with Crippen LogP contribution < -0.4 is 9.47 Å². The first-order valence-electron chi connectivity index (χ1n) is 13.3. The minimum absolute atomic E-state index is 0. The van der Waals surface area contributed by atoms with Gasteiger partial charge in [0, 0.05) is 87.5 Å². The second-order valence-corrected chi connectivity index (χ2v) is 25.5. The summed E-state index contributed by atoms with van der Waals surface area (Å²) in [6, 6.07) is 18.7. The molecule has 0 aromatic heterocycles. The van der Waals surface area contributed by atoms with Gasteiger partial charge in [-0.2, -0.15) is 0 Å². The summed E-state index contributed by atoms with van der Waals surface area (Å²) < 4.78 is 22.0. The molecule has 10 heteroatoms. The van der Waals surface area contributed by atoms with Crippen molar-refractivity contribution in [3.8, 4) is 11.5 Å². The molecule has 0 saturated carbocycles. The molecule has 0 spiro atoms. The number of carbonyl (C=O) groups excluding carboxylic acids is 1. The fourth-order valence-electron chi connectivity index (χ4n) is 3.98. The van der Waals surface area contributed by atoms with Crippen LogP contribution in [0, 0.1) is 14.9 Å². The number of benzene rings is 2. The Morgan fingerprint density at radius 3 is 1.46 bits per heavy atom. The van der Waals surface area contributed by atoms with Crippen molar-refractivity contribution in [1.29, 1.82) is 0 Å². The van der Waals surface area contributed by atoms with Crippen LogP contribution in [0.3, 0.4) is 0 Å². The van der Waals surface area contributed by atoms with Gasteiger partial charge in [-0.25, -0.2) is 0 Å². The van der Waals surface area contributed by atoms with Crippen LogP contribution in [0.2, 0.25) is 57.9 Å². The summed E-state index contributed by atoms with van der Waals surface area (Å²) in [7, 11) is -0.987. The van der Waals surface area contributed by atoms with Crippen molar-refractivity contribution in [3.63, 3.8) is 0 Å². The number of rotatable bonds is 13. The Bertz CT molecular complexity index is 932. The van der Waals surface area contributed by atoms with Gasteiger partial charge < -0.3 is 32.9 Å². The Hall–Kier alpha value is 0.488. The summed E-state index contributed by atoms with van der Waals surface area (Å²) in [4.78, 5) is 10.8. The molecular weight excluding hydrogens is 714 g/mol. The number of ether oxygens (including phenoxy) is 2. The third kappa shape index (κ3) is 24.5. The number of hydrogen-bond acceptors (Lipinski definition) is 5. The zero-order valence-corrected chi connectivity index (χ0v) is 36.7. The molecule has 0 aliphatic carbocycles. The van der Waals surface area contributed by atoms with Gasteiger partial charge in [-0.05, 0) is 86.9 Å². The maximum Gasteiger partial charge on any atom is 0.321 e. The van der Waals surface area contributed by atoms with Crippen molar-refractivity contribution in [2.75, 3.05) is 14.2 Å². The SMILES string of the molecule is CC(=O)Oc1ccc(CCC[Si](C)(C)C)cc1.COc1ccc(CCC[Si](C)(C)O[Si](C)(C)OC)cc1.[CH3-].[CH3-].[Y].[Y]. The smallest absolute Gasteiger partial charge is 0.321 e. The first kappa shape index (κ1) is 48.4. The van der Waals surface area contributed by atoms with Crippen molar-refractivity contribution in [3.05, 3.63) is 74.5 Å². The van der Waals surface area contributed by atoms with Gasteiger partial charge in [0.05, 0.1) is 7.11 Å².